The number of primary amides is 1. The van der Waals surface area contributed by atoms with Crippen molar-refractivity contribution in [2.75, 3.05) is 13.7 Å². The largest absolute Gasteiger partial charge is 0.493 e. The molecule has 0 aliphatic carbocycles. The summed E-state index contributed by atoms with van der Waals surface area (Å²) in [4.78, 5) is 21.3. The molecule has 0 atom stereocenters. The first-order chi connectivity index (χ1) is 9.63. The minimum absolute atomic E-state index is 0.230. The molecule has 0 aliphatic heterocycles. The van der Waals surface area contributed by atoms with Crippen molar-refractivity contribution in [2.24, 2.45) is 5.73 Å². The van der Waals surface area contributed by atoms with E-state index in [1.165, 1.54) is 7.11 Å². The summed E-state index contributed by atoms with van der Waals surface area (Å²) in [5.74, 6) is 1.04. The quantitative estimate of drug-likeness (QED) is 0.809. The van der Waals surface area contributed by atoms with Crippen LogP contribution in [0.2, 0.25) is 0 Å². The molecule has 1 amide bonds. The molecule has 0 radical (unpaired) electrons. The second-order valence-corrected chi connectivity index (χ2v) is 3.94. The van der Waals surface area contributed by atoms with E-state index < -0.39 is 5.91 Å². The van der Waals surface area contributed by atoms with Crippen molar-refractivity contribution in [1.29, 1.82) is 0 Å². The summed E-state index contributed by atoms with van der Waals surface area (Å²) >= 11 is 0. The highest BCUT2D eigenvalue weighted by Crippen LogP contribution is 2.33. The number of ether oxygens (including phenoxy) is 2. The van der Waals surface area contributed by atoms with Gasteiger partial charge in [-0.05, 0) is 30.3 Å². The van der Waals surface area contributed by atoms with Crippen molar-refractivity contribution in [1.82, 2.24) is 0 Å². The molecule has 2 rings (SSSR count). The molecule has 0 spiro atoms. The average Bonchev–Trinajstić information content (AvgIpc) is 2.93. The maximum Gasteiger partial charge on any atom is 0.255 e. The number of carbonyl (C=O) groups excluding carboxylic acids is 2. The molecular formula is C14H13NO5. The third kappa shape index (κ3) is 2.97. The lowest BCUT2D eigenvalue weighted by Crippen LogP contribution is -2.20. The van der Waals surface area contributed by atoms with Gasteiger partial charge in [0.05, 0.1) is 7.11 Å². The van der Waals surface area contributed by atoms with E-state index >= 15 is 0 Å². The van der Waals surface area contributed by atoms with Crippen molar-refractivity contribution in [2.45, 2.75) is 0 Å². The lowest BCUT2D eigenvalue weighted by molar-refractivity contribution is -0.119. The van der Waals surface area contributed by atoms with Crippen LogP contribution in [0.5, 0.6) is 11.5 Å². The first-order valence-electron chi connectivity index (χ1n) is 5.78. The maximum atomic E-state index is 10.7. The highest BCUT2D eigenvalue weighted by molar-refractivity contribution is 5.76. The fraction of sp³-hybridized carbons (Fsp3) is 0.143. The Balaban J connectivity index is 2.28. The van der Waals surface area contributed by atoms with Gasteiger partial charge >= 0.3 is 0 Å². The molecular weight excluding hydrogens is 262 g/mol. The third-order valence-electron chi connectivity index (χ3n) is 2.56. The van der Waals surface area contributed by atoms with Crippen LogP contribution in [0.25, 0.3) is 11.3 Å². The predicted molar refractivity (Wildman–Crippen MR) is 70.8 cm³/mol. The van der Waals surface area contributed by atoms with Gasteiger partial charge in [0.1, 0.15) is 5.76 Å². The summed E-state index contributed by atoms with van der Waals surface area (Å²) in [6.45, 7) is -0.230. The summed E-state index contributed by atoms with van der Waals surface area (Å²) < 4.78 is 15.7. The standard InChI is InChI=1S/C14H13NO5/c1-18-13-6-9(11-5-3-10(7-16)20-11)2-4-12(13)19-8-14(15)17/h2-7H,8H2,1H3,(H2,15,17). The Morgan fingerprint density at radius 2 is 2.10 bits per heavy atom. The topological polar surface area (TPSA) is 91.8 Å². The molecule has 1 aromatic heterocycles. The number of benzene rings is 1. The van der Waals surface area contributed by atoms with E-state index in [4.69, 9.17) is 19.6 Å². The maximum absolute atomic E-state index is 10.7. The molecule has 6 nitrogen and oxygen atoms in total. The van der Waals surface area contributed by atoms with Gasteiger partial charge in [-0.25, -0.2) is 0 Å². The van der Waals surface area contributed by atoms with E-state index in [1.54, 1.807) is 30.3 Å². The molecule has 0 saturated carbocycles. The molecule has 104 valence electrons. The van der Waals surface area contributed by atoms with Crippen molar-refractivity contribution in [3.8, 4) is 22.8 Å². The van der Waals surface area contributed by atoms with Crippen LogP contribution in [0.3, 0.4) is 0 Å². The van der Waals surface area contributed by atoms with Crippen LogP contribution < -0.4 is 15.2 Å². The normalized spacial score (nSPS) is 10.1. The van der Waals surface area contributed by atoms with E-state index in [1.807, 2.05) is 0 Å². The van der Waals surface area contributed by atoms with Crippen LogP contribution in [0.1, 0.15) is 10.6 Å². The number of methoxy groups -OCH3 is 1. The number of carbonyl (C=O) groups is 2. The minimum Gasteiger partial charge on any atom is -0.493 e. The van der Waals surface area contributed by atoms with E-state index in [9.17, 15) is 9.59 Å². The molecule has 0 bridgehead atoms. The fourth-order valence-electron chi connectivity index (χ4n) is 1.66. The van der Waals surface area contributed by atoms with Crippen LogP contribution in [0.15, 0.2) is 34.7 Å². The number of furan rings is 1. The highest BCUT2D eigenvalue weighted by Gasteiger charge is 2.10. The molecule has 20 heavy (non-hydrogen) atoms. The Bertz CT molecular complexity index is 632. The Kier molecular flexibility index (Phi) is 4.05. The summed E-state index contributed by atoms with van der Waals surface area (Å²) in [5, 5.41) is 0. The zero-order chi connectivity index (χ0) is 14.5. The third-order valence-corrected chi connectivity index (χ3v) is 2.56. The smallest absolute Gasteiger partial charge is 0.255 e. The van der Waals surface area contributed by atoms with Gasteiger partial charge < -0.3 is 19.6 Å². The van der Waals surface area contributed by atoms with Gasteiger partial charge in [0, 0.05) is 5.56 Å². The monoisotopic (exact) mass is 275 g/mol. The minimum atomic E-state index is -0.571. The number of nitrogens with two attached hydrogens (primary N) is 1. The number of hydrogen-bond donors (Lipinski definition) is 1. The molecule has 0 aliphatic rings. The van der Waals surface area contributed by atoms with E-state index in [0.29, 0.717) is 23.5 Å². The van der Waals surface area contributed by atoms with Crippen molar-refractivity contribution < 1.29 is 23.5 Å². The van der Waals surface area contributed by atoms with Crippen molar-refractivity contribution in [3.05, 3.63) is 36.1 Å². The second-order valence-electron chi connectivity index (χ2n) is 3.94. The van der Waals surface area contributed by atoms with E-state index in [0.717, 1.165) is 5.56 Å². The Morgan fingerprint density at radius 1 is 1.30 bits per heavy atom. The van der Waals surface area contributed by atoms with Crippen LogP contribution >= 0.6 is 0 Å². The first-order valence-corrected chi connectivity index (χ1v) is 5.78. The Labute approximate surface area is 115 Å². The highest BCUT2D eigenvalue weighted by atomic mass is 16.5. The zero-order valence-electron chi connectivity index (χ0n) is 10.8. The molecule has 2 N–H and O–H groups in total. The van der Waals surface area contributed by atoms with Crippen LogP contribution in [0.4, 0.5) is 0 Å². The number of hydrogen-bond acceptors (Lipinski definition) is 5. The lowest BCUT2D eigenvalue weighted by atomic mass is 10.1. The van der Waals surface area contributed by atoms with Crippen molar-refractivity contribution >= 4 is 12.2 Å². The average molecular weight is 275 g/mol. The Morgan fingerprint density at radius 3 is 2.70 bits per heavy atom. The molecule has 6 heteroatoms. The van der Waals surface area contributed by atoms with Gasteiger partial charge in [0.2, 0.25) is 0 Å². The van der Waals surface area contributed by atoms with Crippen LogP contribution in [-0.2, 0) is 4.79 Å². The van der Waals surface area contributed by atoms with Crippen molar-refractivity contribution in [3.63, 3.8) is 0 Å². The van der Waals surface area contributed by atoms with Gasteiger partial charge in [-0.3, -0.25) is 9.59 Å². The zero-order valence-corrected chi connectivity index (χ0v) is 10.8. The number of aldehydes is 1. The van der Waals surface area contributed by atoms with Crippen LogP contribution in [0, 0.1) is 0 Å². The predicted octanol–water partition coefficient (Wildman–Crippen LogP) is 1.63. The molecule has 1 heterocycles. The van der Waals surface area contributed by atoms with E-state index in [-0.39, 0.29) is 12.4 Å². The molecule has 0 unspecified atom stereocenters. The first kappa shape index (κ1) is 13.7. The molecule has 2 aromatic rings. The summed E-state index contributed by atoms with van der Waals surface area (Å²) in [6.07, 6.45) is 0.630. The van der Waals surface area contributed by atoms with Gasteiger partial charge in [-0.15, -0.1) is 0 Å². The van der Waals surface area contributed by atoms with Crippen LogP contribution in [-0.4, -0.2) is 25.9 Å². The fourth-order valence-corrected chi connectivity index (χ4v) is 1.66. The summed E-state index contributed by atoms with van der Waals surface area (Å²) in [6, 6.07) is 8.31. The van der Waals surface area contributed by atoms with E-state index in [2.05, 4.69) is 0 Å². The SMILES string of the molecule is COc1cc(-c2ccc(C=O)o2)ccc1OCC(N)=O. The molecule has 1 aromatic carbocycles. The van der Waals surface area contributed by atoms with Gasteiger partial charge in [0.25, 0.3) is 5.91 Å². The van der Waals surface area contributed by atoms with Gasteiger partial charge in [-0.2, -0.15) is 0 Å². The number of amides is 1. The molecule has 0 saturated heterocycles. The molecule has 0 fully saturated rings. The van der Waals surface area contributed by atoms with Gasteiger partial charge in [-0.1, -0.05) is 0 Å². The lowest BCUT2D eigenvalue weighted by Gasteiger charge is -2.10. The summed E-state index contributed by atoms with van der Waals surface area (Å²) in [7, 11) is 1.48. The summed E-state index contributed by atoms with van der Waals surface area (Å²) in [5.41, 5.74) is 5.74. The second kappa shape index (κ2) is 5.92. The number of rotatable bonds is 6. The van der Waals surface area contributed by atoms with Gasteiger partial charge in [0.15, 0.2) is 30.2 Å². The Hall–Kier alpha value is -2.76.